The summed E-state index contributed by atoms with van der Waals surface area (Å²) in [6.07, 6.45) is 2.66. The molecule has 1 unspecified atom stereocenters. The van der Waals surface area contributed by atoms with E-state index in [0.29, 0.717) is 5.41 Å². The molecule has 10 heavy (non-hydrogen) atoms. The van der Waals surface area contributed by atoms with E-state index in [9.17, 15) is 0 Å². The molecular weight excluding hydrogens is 122 g/mol. The molecule has 1 heteroatoms. The van der Waals surface area contributed by atoms with Gasteiger partial charge in [0, 0.05) is 0 Å². The van der Waals surface area contributed by atoms with Crippen molar-refractivity contribution in [3.63, 3.8) is 0 Å². The molecule has 0 saturated carbocycles. The molecule has 1 saturated heterocycles. The summed E-state index contributed by atoms with van der Waals surface area (Å²) in [7, 11) is 0. The van der Waals surface area contributed by atoms with E-state index in [1.807, 2.05) is 0 Å². The molecule has 0 amide bonds. The van der Waals surface area contributed by atoms with E-state index in [0.717, 1.165) is 5.92 Å². The zero-order chi connectivity index (χ0) is 7.61. The second-order valence-corrected chi connectivity index (χ2v) is 4.05. The predicted octanol–water partition coefficient (Wildman–Crippen LogP) is 2.03. The Kier molecular flexibility index (Phi) is 2.35. The van der Waals surface area contributed by atoms with Gasteiger partial charge in [0.25, 0.3) is 0 Å². The van der Waals surface area contributed by atoms with E-state index in [1.165, 1.54) is 25.9 Å². The van der Waals surface area contributed by atoms with Crippen molar-refractivity contribution in [2.45, 2.75) is 33.6 Å². The summed E-state index contributed by atoms with van der Waals surface area (Å²) in [5.41, 5.74) is 0.583. The van der Waals surface area contributed by atoms with E-state index in [2.05, 4.69) is 26.1 Å². The summed E-state index contributed by atoms with van der Waals surface area (Å²) in [6, 6.07) is 0. The van der Waals surface area contributed by atoms with Crippen LogP contribution in [0.25, 0.3) is 0 Å². The summed E-state index contributed by atoms with van der Waals surface area (Å²) >= 11 is 0. The molecule has 1 N–H and O–H groups in total. The second-order valence-electron chi connectivity index (χ2n) is 4.05. The Hall–Kier alpha value is -0.0400. The standard InChI is InChI=1S/C9H19N/c1-4-8-7-10-6-5-9(8,2)3/h8,10H,4-7H2,1-3H3. The van der Waals surface area contributed by atoms with Crippen molar-refractivity contribution in [3.05, 3.63) is 0 Å². The van der Waals surface area contributed by atoms with Gasteiger partial charge < -0.3 is 5.32 Å². The van der Waals surface area contributed by atoms with Gasteiger partial charge in [0.15, 0.2) is 0 Å². The summed E-state index contributed by atoms with van der Waals surface area (Å²) in [4.78, 5) is 0. The average Bonchev–Trinajstić information content (AvgIpc) is 1.87. The van der Waals surface area contributed by atoms with Crippen molar-refractivity contribution < 1.29 is 0 Å². The van der Waals surface area contributed by atoms with E-state index < -0.39 is 0 Å². The van der Waals surface area contributed by atoms with E-state index >= 15 is 0 Å². The van der Waals surface area contributed by atoms with Gasteiger partial charge >= 0.3 is 0 Å². The third kappa shape index (κ3) is 1.51. The SMILES string of the molecule is CCC1CNCCC1(C)C. The highest BCUT2D eigenvalue weighted by Crippen LogP contribution is 2.34. The highest BCUT2D eigenvalue weighted by molar-refractivity contribution is 4.83. The summed E-state index contributed by atoms with van der Waals surface area (Å²) in [6.45, 7) is 9.51. The normalized spacial score (nSPS) is 32.1. The van der Waals surface area contributed by atoms with Gasteiger partial charge in [-0.15, -0.1) is 0 Å². The summed E-state index contributed by atoms with van der Waals surface area (Å²) < 4.78 is 0. The topological polar surface area (TPSA) is 12.0 Å². The minimum atomic E-state index is 0.583. The lowest BCUT2D eigenvalue weighted by Crippen LogP contribution is -2.41. The Morgan fingerprint density at radius 1 is 1.50 bits per heavy atom. The fourth-order valence-corrected chi connectivity index (χ4v) is 1.86. The third-order valence-corrected chi connectivity index (χ3v) is 2.93. The van der Waals surface area contributed by atoms with Gasteiger partial charge in [-0.05, 0) is 30.8 Å². The van der Waals surface area contributed by atoms with Crippen molar-refractivity contribution >= 4 is 0 Å². The minimum Gasteiger partial charge on any atom is -0.316 e. The fourth-order valence-electron chi connectivity index (χ4n) is 1.86. The molecule has 0 aliphatic carbocycles. The van der Waals surface area contributed by atoms with E-state index in [4.69, 9.17) is 0 Å². The van der Waals surface area contributed by atoms with Crippen LogP contribution < -0.4 is 5.32 Å². The van der Waals surface area contributed by atoms with Crippen LogP contribution in [-0.2, 0) is 0 Å². The van der Waals surface area contributed by atoms with Gasteiger partial charge in [0.05, 0.1) is 0 Å². The van der Waals surface area contributed by atoms with Crippen LogP contribution in [0.3, 0.4) is 0 Å². The molecule has 1 fully saturated rings. The second kappa shape index (κ2) is 2.91. The largest absolute Gasteiger partial charge is 0.316 e. The van der Waals surface area contributed by atoms with Gasteiger partial charge in [-0.2, -0.15) is 0 Å². The number of hydrogen-bond acceptors (Lipinski definition) is 1. The van der Waals surface area contributed by atoms with Gasteiger partial charge in [-0.25, -0.2) is 0 Å². The van der Waals surface area contributed by atoms with Crippen molar-refractivity contribution in [1.82, 2.24) is 5.32 Å². The quantitative estimate of drug-likeness (QED) is 0.589. The van der Waals surface area contributed by atoms with Crippen LogP contribution in [0.4, 0.5) is 0 Å². The van der Waals surface area contributed by atoms with Crippen molar-refractivity contribution in [3.8, 4) is 0 Å². The third-order valence-electron chi connectivity index (χ3n) is 2.93. The Morgan fingerprint density at radius 2 is 2.20 bits per heavy atom. The molecule has 1 nitrogen and oxygen atoms in total. The lowest BCUT2D eigenvalue weighted by Gasteiger charge is -2.38. The molecular formula is C9H19N. The number of nitrogens with one attached hydrogen (secondary N) is 1. The first-order valence-corrected chi connectivity index (χ1v) is 4.37. The van der Waals surface area contributed by atoms with Crippen LogP contribution in [-0.4, -0.2) is 13.1 Å². The van der Waals surface area contributed by atoms with Crippen LogP contribution in [0.1, 0.15) is 33.6 Å². The lowest BCUT2D eigenvalue weighted by atomic mass is 9.73. The highest BCUT2D eigenvalue weighted by atomic mass is 14.9. The summed E-state index contributed by atoms with van der Waals surface area (Å²) in [5.74, 6) is 0.890. The van der Waals surface area contributed by atoms with Crippen LogP contribution in [0, 0.1) is 11.3 Å². The number of piperidine rings is 1. The van der Waals surface area contributed by atoms with E-state index in [1.54, 1.807) is 0 Å². The predicted molar refractivity (Wildman–Crippen MR) is 45.0 cm³/mol. The Bertz CT molecular complexity index is 107. The maximum Gasteiger partial charge on any atom is -0.00155 e. The molecule has 1 rings (SSSR count). The van der Waals surface area contributed by atoms with Crippen LogP contribution in [0.15, 0.2) is 0 Å². The molecule has 0 spiro atoms. The Labute approximate surface area is 64.2 Å². The monoisotopic (exact) mass is 141 g/mol. The summed E-state index contributed by atoms with van der Waals surface area (Å²) in [5, 5.41) is 3.44. The molecule has 0 aromatic rings. The Balaban J connectivity index is 2.51. The molecule has 60 valence electrons. The maximum atomic E-state index is 3.44. The smallest absolute Gasteiger partial charge is 0.00155 e. The van der Waals surface area contributed by atoms with Gasteiger partial charge in [0.1, 0.15) is 0 Å². The van der Waals surface area contributed by atoms with Crippen molar-refractivity contribution in [2.24, 2.45) is 11.3 Å². The Morgan fingerprint density at radius 3 is 2.60 bits per heavy atom. The maximum absolute atomic E-state index is 3.44. The zero-order valence-electron chi connectivity index (χ0n) is 7.41. The molecule has 0 aromatic carbocycles. The van der Waals surface area contributed by atoms with Gasteiger partial charge in [-0.1, -0.05) is 27.2 Å². The zero-order valence-corrected chi connectivity index (χ0v) is 7.41. The molecule has 1 atom stereocenters. The number of hydrogen-bond donors (Lipinski definition) is 1. The molecule has 0 radical (unpaired) electrons. The molecule has 1 heterocycles. The lowest BCUT2D eigenvalue weighted by molar-refractivity contribution is 0.149. The van der Waals surface area contributed by atoms with Crippen molar-refractivity contribution in [1.29, 1.82) is 0 Å². The van der Waals surface area contributed by atoms with Crippen LogP contribution in [0.5, 0.6) is 0 Å². The van der Waals surface area contributed by atoms with Crippen LogP contribution >= 0.6 is 0 Å². The first-order valence-electron chi connectivity index (χ1n) is 4.37. The molecule has 0 aromatic heterocycles. The minimum absolute atomic E-state index is 0.583. The van der Waals surface area contributed by atoms with Gasteiger partial charge in [0.2, 0.25) is 0 Å². The first-order chi connectivity index (χ1) is 4.67. The number of rotatable bonds is 1. The van der Waals surface area contributed by atoms with Crippen molar-refractivity contribution in [2.75, 3.05) is 13.1 Å². The molecule has 1 aliphatic rings. The van der Waals surface area contributed by atoms with Gasteiger partial charge in [-0.3, -0.25) is 0 Å². The molecule has 0 bridgehead atoms. The molecule has 1 aliphatic heterocycles. The fraction of sp³-hybridized carbons (Fsp3) is 1.00. The van der Waals surface area contributed by atoms with E-state index in [-0.39, 0.29) is 0 Å². The average molecular weight is 141 g/mol. The first kappa shape index (κ1) is 8.06. The highest BCUT2D eigenvalue weighted by Gasteiger charge is 2.30. The van der Waals surface area contributed by atoms with Crippen LogP contribution in [0.2, 0.25) is 0 Å².